The Kier molecular flexibility index (Phi) is 4.30. The lowest BCUT2D eigenvalue weighted by Crippen LogP contribution is -2.28. The summed E-state index contributed by atoms with van der Waals surface area (Å²) in [5.41, 5.74) is 1.11. The van der Waals surface area contributed by atoms with E-state index in [4.69, 9.17) is 16.3 Å². The van der Waals surface area contributed by atoms with Crippen LogP contribution < -0.4 is 10.1 Å². The van der Waals surface area contributed by atoms with Crippen LogP contribution in [0, 0.1) is 12.8 Å². The SMILES string of the molecule is CC[C@H](Oc1ccc(Cl)cc1C)[C@H]1CCNC1. The topological polar surface area (TPSA) is 21.3 Å². The molecule has 1 aromatic carbocycles. The summed E-state index contributed by atoms with van der Waals surface area (Å²) >= 11 is 5.95. The second-order valence-electron chi connectivity index (χ2n) is 4.73. The number of nitrogens with one attached hydrogen (secondary N) is 1. The van der Waals surface area contributed by atoms with Crippen LogP contribution in [0.4, 0.5) is 0 Å². The van der Waals surface area contributed by atoms with E-state index in [2.05, 4.69) is 12.2 Å². The molecule has 2 rings (SSSR count). The van der Waals surface area contributed by atoms with Crippen molar-refractivity contribution < 1.29 is 4.74 Å². The molecule has 0 spiro atoms. The van der Waals surface area contributed by atoms with Gasteiger partial charge >= 0.3 is 0 Å². The smallest absolute Gasteiger partial charge is 0.122 e. The third-order valence-corrected chi connectivity index (χ3v) is 3.68. The highest BCUT2D eigenvalue weighted by Gasteiger charge is 2.25. The molecule has 1 saturated heterocycles. The van der Waals surface area contributed by atoms with Gasteiger partial charge in [0.15, 0.2) is 0 Å². The fourth-order valence-corrected chi connectivity index (χ4v) is 2.64. The van der Waals surface area contributed by atoms with Gasteiger partial charge in [-0.2, -0.15) is 0 Å². The Morgan fingerprint density at radius 3 is 2.94 bits per heavy atom. The lowest BCUT2D eigenvalue weighted by molar-refractivity contribution is 0.137. The highest BCUT2D eigenvalue weighted by atomic mass is 35.5. The molecule has 0 amide bonds. The molecule has 0 aromatic heterocycles. The molecular formula is C14H20ClNO. The van der Waals surface area contributed by atoms with Crippen molar-refractivity contribution in [3.63, 3.8) is 0 Å². The second kappa shape index (κ2) is 5.74. The van der Waals surface area contributed by atoms with Crippen LogP contribution in [0.2, 0.25) is 5.02 Å². The van der Waals surface area contributed by atoms with Gasteiger partial charge in [0.1, 0.15) is 11.9 Å². The molecule has 1 aliphatic rings. The standard InChI is InChI=1S/C14H20ClNO/c1-3-13(11-6-7-16-9-11)17-14-5-4-12(15)8-10(14)2/h4-5,8,11,13,16H,3,6-7,9H2,1-2H3/t11-,13-/m0/s1. The minimum atomic E-state index is 0.310. The van der Waals surface area contributed by atoms with Crippen LogP contribution in [-0.2, 0) is 0 Å². The molecule has 1 fully saturated rings. The molecular weight excluding hydrogens is 234 g/mol. The Labute approximate surface area is 108 Å². The van der Waals surface area contributed by atoms with Crippen LogP contribution in [-0.4, -0.2) is 19.2 Å². The van der Waals surface area contributed by atoms with E-state index < -0.39 is 0 Å². The second-order valence-corrected chi connectivity index (χ2v) is 5.16. The third kappa shape index (κ3) is 3.14. The predicted molar refractivity (Wildman–Crippen MR) is 71.9 cm³/mol. The fraction of sp³-hybridized carbons (Fsp3) is 0.571. The summed E-state index contributed by atoms with van der Waals surface area (Å²) in [4.78, 5) is 0. The summed E-state index contributed by atoms with van der Waals surface area (Å²) in [7, 11) is 0. The molecule has 1 aliphatic heterocycles. The summed E-state index contributed by atoms with van der Waals surface area (Å²) < 4.78 is 6.13. The van der Waals surface area contributed by atoms with Crippen molar-refractivity contribution in [3.8, 4) is 5.75 Å². The number of hydrogen-bond acceptors (Lipinski definition) is 2. The number of aryl methyl sites for hydroxylation is 1. The van der Waals surface area contributed by atoms with Crippen LogP contribution in [0.15, 0.2) is 18.2 Å². The van der Waals surface area contributed by atoms with Crippen LogP contribution >= 0.6 is 11.6 Å². The van der Waals surface area contributed by atoms with Crippen molar-refractivity contribution in [2.75, 3.05) is 13.1 Å². The first-order chi connectivity index (χ1) is 8.20. The molecule has 0 radical (unpaired) electrons. The lowest BCUT2D eigenvalue weighted by Gasteiger charge is -2.24. The van der Waals surface area contributed by atoms with Gasteiger partial charge in [-0.15, -0.1) is 0 Å². The monoisotopic (exact) mass is 253 g/mol. The molecule has 0 aliphatic carbocycles. The molecule has 17 heavy (non-hydrogen) atoms. The van der Waals surface area contributed by atoms with E-state index in [9.17, 15) is 0 Å². The Morgan fingerprint density at radius 1 is 1.53 bits per heavy atom. The maximum atomic E-state index is 6.13. The van der Waals surface area contributed by atoms with Crippen LogP contribution in [0.5, 0.6) is 5.75 Å². The maximum Gasteiger partial charge on any atom is 0.122 e. The van der Waals surface area contributed by atoms with Gasteiger partial charge in [-0.05, 0) is 50.1 Å². The Hall–Kier alpha value is -0.730. The van der Waals surface area contributed by atoms with Gasteiger partial charge in [0.2, 0.25) is 0 Å². The molecule has 0 unspecified atom stereocenters. The van der Waals surface area contributed by atoms with Gasteiger partial charge in [-0.1, -0.05) is 18.5 Å². The van der Waals surface area contributed by atoms with E-state index in [-0.39, 0.29) is 0 Å². The third-order valence-electron chi connectivity index (χ3n) is 3.44. The molecule has 1 aromatic rings. The van der Waals surface area contributed by atoms with Crippen LogP contribution in [0.1, 0.15) is 25.3 Å². The van der Waals surface area contributed by atoms with Gasteiger partial charge in [-0.3, -0.25) is 0 Å². The summed E-state index contributed by atoms with van der Waals surface area (Å²) in [5, 5.41) is 4.16. The van der Waals surface area contributed by atoms with Crippen molar-refractivity contribution in [2.24, 2.45) is 5.92 Å². The van der Waals surface area contributed by atoms with E-state index in [0.29, 0.717) is 12.0 Å². The lowest BCUT2D eigenvalue weighted by atomic mass is 9.99. The zero-order valence-corrected chi connectivity index (χ0v) is 11.3. The fourth-order valence-electron chi connectivity index (χ4n) is 2.42. The molecule has 94 valence electrons. The summed E-state index contributed by atoms with van der Waals surface area (Å²) in [5.74, 6) is 1.60. The number of hydrogen-bond donors (Lipinski definition) is 1. The Bertz CT molecular complexity index is 374. The first-order valence-electron chi connectivity index (χ1n) is 6.34. The van der Waals surface area contributed by atoms with E-state index in [1.807, 2.05) is 25.1 Å². The van der Waals surface area contributed by atoms with Crippen molar-refractivity contribution in [2.45, 2.75) is 32.8 Å². The van der Waals surface area contributed by atoms with Gasteiger partial charge in [0.05, 0.1) is 0 Å². The summed E-state index contributed by atoms with van der Waals surface area (Å²) in [6, 6.07) is 5.82. The van der Waals surface area contributed by atoms with E-state index in [1.54, 1.807) is 0 Å². The minimum absolute atomic E-state index is 0.310. The van der Waals surface area contributed by atoms with Gasteiger partial charge < -0.3 is 10.1 Å². The number of halogens is 1. The molecule has 2 nitrogen and oxygen atoms in total. The Balaban J connectivity index is 2.06. The van der Waals surface area contributed by atoms with Crippen molar-refractivity contribution >= 4 is 11.6 Å². The van der Waals surface area contributed by atoms with E-state index in [0.717, 1.165) is 35.8 Å². The first kappa shape index (κ1) is 12.7. The predicted octanol–water partition coefficient (Wildman–Crippen LogP) is 3.42. The molecule has 0 saturated carbocycles. The summed E-state index contributed by atoms with van der Waals surface area (Å²) in [6.07, 6.45) is 2.57. The van der Waals surface area contributed by atoms with E-state index >= 15 is 0 Å². The van der Waals surface area contributed by atoms with Crippen molar-refractivity contribution in [3.05, 3.63) is 28.8 Å². The normalized spacial score (nSPS) is 21.5. The van der Waals surface area contributed by atoms with E-state index in [1.165, 1.54) is 6.42 Å². The quantitative estimate of drug-likeness (QED) is 0.888. The van der Waals surface area contributed by atoms with Crippen molar-refractivity contribution in [1.82, 2.24) is 5.32 Å². The average Bonchev–Trinajstić information content (AvgIpc) is 2.81. The molecule has 0 bridgehead atoms. The number of rotatable bonds is 4. The molecule has 3 heteroatoms. The van der Waals surface area contributed by atoms with Gasteiger partial charge in [0.25, 0.3) is 0 Å². The Morgan fingerprint density at radius 2 is 2.35 bits per heavy atom. The highest BCUT2D eigenvalue weighted by Crippen LogP contribution is 2.26. The van der Waals surface area contributed by atoms with Gasteiger partial charge in [-0.25, -0.2) is 0 Å². The minimum Gasteiger partial charge on any atom is -0.490 e. The molecule has 1 heterocycles. The highest BCUT2D eigenvalue weighted by molar-refractivity contribution is 6.30. The van der Waals surface area contributed by atoms with Crippen LogP contribution in [0.3, 0.4) is 0 Å². The largest absolute Gasteiger partial charge is 0.490 e. The number of benzene rings is 1. The zero-order chi connectivity index (χ0) is 12.3. The molecule has 2 atom stereocenters. The maximum absolute atomic E-state index is 6.13. The van der Waals surface area contributed by atoms with Gasteiger partial charge in [0, 0.05) is 17.5 Å². The summed E-state index contributed by atoms with van der Waals surface area (Å²) in [6.45, 7) is 6.42. The molecule has 1 N–H and O–H groups in total. The average molecular weight is 254 g/mol. The van der Waals surface area contributed by atoms with Crippen molar-refractivity contribution in [1.29, 1.82) is 0 Å². The first-order valence-corrected chi connectivity index (χ1v) is 6.72. The van der Waals surface area contributed by atoms with Crippen LogP contribution in [0.25, 0.3) is 0 Å². The number of ether oxygens (including phenoxy) is 1. The zero-order valence-electron chi connectivity index (χ0n) is 10.5.